The lowest BCUT2D eigenvalue weighted by Crippen LogP contribution is -2.32. The van der Waals surface area contributed by atoms with Crippen LogP contribution in [0.25, 0.3) is 0 Å². The summed E-state index contributed by atoms with van der Waals surface area (Å²) in [5.74, 6) is -0.115. The summed E-state index contributed by atoms with van der Waals surface area (Å²) in [5.41, 5.74) is 8.93. The van der Waals surface area contributed by atoms with Crippen LogP contribution in [0.5, 0.6) is 0 Å². The van der Waals surface area contributed by atoms with Gasteiger partial charge in [-0.05, 0) is 31.0 Å². The number of amides is 1. The van der Waals surface area contributed by atoms with Gasteiger partial charge < -0.3 is 10.6 Å². The van der Waals surface area contributed by atoms with Crippen molar-refractivity contribution in [2.75, 3.05) is 12.3 Å². The quantitative estimate of drug-likeness (QED) is 0.917. The zero-order valence-corrected chi connectivity index (χ0v) is 12.5. The number of nitrogen functional groups attached to an aromatic ring is 1. The highest BCUT2D eigenvalue weighted by Crippen LogP contribution is 2.14. The first-order valence-electron chi connectivity index (χ1n) is 7.17. The Morgan fingerprint density at radius 3 is 2.57 bits per heavy atom. The molecule has 0 atom stereocenters. The molecule has 2 aromatic rings. The molecule has 0 radical (unpaired) electrons. The summed E-state index contributed by atoms with van der Waals surface area (Å²) in [7, 11) is 0. The van der Waals surface area contributed by atoms with E-state index in [2.05, 4.69) is 24.0 Å². The summed E-state index contributed by atoms with van der Waals surface area (Å²) in [4.78, 5) is 18.5. The number of hydrogen-bond acceptors (Lipinski definition) is 3. The van der Waals surface area contributed by atoms with Gasteiger partial charge in [0.2, 0.25) is 0 Å². The first kappa shape index (κ1) is 15.0. The second-order valence-corrected chi connectivity index (χ2v) is 5.15. The van der Waals surface area contributed by atoms with Gasteiger partial charge >= 0.3 is 0 Å². The first-order valence-corrected chi connectivity index (χ1v) is 7.17. The smallest absolute Gasteiger partial charge is 0.274 e. The van der Waals surface area contributed by atoms with Crippen molar-refractivity contribution in [3.63, 3.8) is 0 Å². The average molecular weight is 283 g/mol. The maximum absolute atomic E-state index is 12.6. The first-order chi connectivity index (χ1) is 10.1. The fraction of sp³-hybridized carbons (Fsp3) is 0.294. The molecule has 1 aromatic heterocycles. The molecular weight excluding hydrogens is 262 g/mol. The van der Waals surface area contributed by atoms with Crippen LogP contribution in [0.3, 0.4) is 0 Å². The Labute approximate surface area is 125 Å². The van der Waals surface area contributed by atoms with Gasteiger partial charge in [0.15, 0.2) is 5.69 Å². The van der Waals surface area contributed by atoms with Crippen molar-refractivity contribution in [1.29, 1.82) is 0 Å². The lowest BCUT2D eigenvalue weighted by atomic mass is 10.1. The van der Waals surface area contributed by atoms with E-state index in [0.717, 1.165) is 12.0 Å². The number of hydrogen-bond donors (Lipinski definition) is 1. The maximum atomic E-state index is 12.6. The summed E-state index contributed by atoms with van der Waals surface area (Å²) in [6, 6.07) is 11.6. The van der Waals surface area contributed by atoms with Gasteiger partial charge in [-0.3, -0.25) is 4.79 Å². The Morgan fingerprint density at radius 2 is 1.95 bits per heavy atom. The predicted octanol–water partition coefficient (Wildman–Crippen LogP) is 3.02. The summed E-state index contributed by atoms with van der Waals surface area (Å²) in [5, 5.41) is 0. The lowest BCUT2D eigenvalue weighted by molar-refractivity contribution is 0.0738. The summed E-state index contributed by atoms with van der Waals surface area (Å²) < 4.78 is 0. The van der Waals surface area contributed by atoms with Crippen LogP contribution < -0.4 is 5.73 Å². The molecule has 0 aliphatic heterocycles. The number of rotatable bonds is 5. The van der Waals surface area contributed by atoms with E-state index in [1.807, 2.05) is 19.1 Å². The number of benzene rings is 1. The van der Waals surface area contributed by atoms with E-state index in [9.17, 15) is 4.79 Å². The highest BCUT2D eigenvalue weighted by molar-refractivity contribution is 5.97. The minimum Gasteiger partial charge on any atom is -0.397 e. The van der Waals surface area contributed by atoms with Gasteiger partial charge in [-0.25, -0.2) is 4.98 Å². The van der Waals surface area contributed by atoms with Crippen molar-refractivity contribution in [2.24, 2.45) is 0 Å². The van der Waals surface area contributed by atoms with Crippen LogP contribution in [0.1, 0.15) is 35.0 Å². The van der Waals surface area contributed by atoms with E-state index in [-0.39, 0.29) is 5.91 Å². The van der Waals surface area contributed by atoms with Crippen molar-refractivity contribution in [1.82, 2.24) is 9.88 Å². The summed E-state index contributed by atoms with van der Waals surface area (Å²) in [6.07, 6.45) is 2.49. The monoisotopic (exact) mass is 283 g/mol. The van der Waals surface area contributed by atoms with E-state index in [0.29, 0.717) is 24.5 Å². The molecule has 0 aliphatic carbocycles. The van der Waals surface area contributed by atoms with Gasteiger partial charge in [0.05, 0.1) is 5.69 Å². The number of anilines is 1. The zero-order chi connectivity index (χ0) is 15.2. The van der Waals surface area contributed by atoms with E-state index in [1.54, 1.807) is 23.2 Å². The predicted molar refractivity (Wildman–Crippen MR) is 84.9 cm³/mol. The van der Waals surface area contributed by atoms with Crippen LogP contribution in [-0.2, 0) is 6.54 Å². The minimum absolute atomic E-state index is 0.115. The Bertz CT molecular complexity index is 608. The highest BCUT2D eigenvalue weighted by Gasteiger charge is 2.18. The Kier molecular flexibility index (Phi) is 4.93. The van der Waals surface area contributed by atoms with Crippen LogP contribution in [0.15, 0.2) is 42.6 Å². The third-order valence-electron chi connectivity index (χ3n) is 3.32. The minimum atomic E-state index is -0.115. The fourth-order valence-corrected chi connectivity index (χ4v) is 2.18. The average Bonchev–Trinajstić information content (AvgIpc) is 2.49. The van der Waals surface area contributed by atoms with Crippen LogP contribution in [-0.4, -0.2) is 22.3 Å². The molecule has 1 aromatic carbocycles. The molecule has 110 valence electrons. The van der Waals surface area contributed by atoms with E-state index >= 15 is 0 Å². The molecule has 21 heavy (non-hydrogen) atoms. The molecule has 0 unspecified atom stereocenters. The molecule has 2 rings (SSSR count). The third kappa shape index (κ3) is 3.81. The molecule has 0 spiro atoms. The van der Waals surface area contributed by atoms with Crippen molar-refractivity contribution >= 4 is 11.6 Å². The number of carbonyl (C=O) groups is 1. The van der Waals surface area contributed by atoms with Gasteiger partial charge in [0.25, 0.3) is 5.91 Å². The van der Waals surface area contributed by atoms with E-state index in [4.69, 9.17) is 5.73 Å². The highest BCUT2D eigenvalue weighted by atomic mass is 16.2. The summed E-state index contributed by atoms with van der Waals surface area (Å²) >= 11 is 0. The fourth-order valence-electron chi connectivity index (χ4n) is 2.18. The van der Waals surface area contributed by atoms with Crippen molar-refractivity contribution in [3.05, 3.63) is 59.4 Å². The van der Waals surface area contributed by atoms with Crippen molar-refractivity contribution in [3.8, 4) is 0 Å². The molecule has 0 saturated carbocycles. The van der Waals surface area contributed by atoms with Crippen LogP contribution >= 0.6 is 0 Å². The normalized spacial score (nSPS) is 10.4. The molecule has 1 amide bonds. The topological polar surface area (TPSA) is 59.2 Å². The van der Waals surface area contributed by atoms with Gasteiger partial charge in [0.1, 0.15) is 0 Å². The zero-order valence-electron chi connectivity index (χ0n) is 12.5. The molecular formula is C17H21N3O. The molecule has 1 heterocycles. The molecule has 0 bridgehead atoms. The molecule has 0 aliphatic rings. The van der Waals surface area contributed by atoms with Crippen molar-refractivity contribution in [2.45, 2.75) is 26.8 Å². The number of aryl methyl sites for hydroxylation is 1. The van der Waals surface area contributed by atoms with Crippen LogP contribution in [0, 0.1) is 6.92 Å². The molecule has 4 heteroatoms. The Morgan fingerprint density at radius 1 is 1.24 bits per heavy atom. The lowest BCUT2D eigenvalue weighted by Gasteiger charge is -2.22. The van der Waals surface area contributed by atoms with Crippen LogP contribution in [0.2, 0.25) is 0 Å². The SMILES string of the molecule is CCCN(Cc1ccc(C)cc1)C(=O)c1ncccc1N. The number of nitrogens with zero attached hydrogens (tertiary/aromatic N) is 2. The molecule has 2 N–H and O–H groups in total. The van der Waals surface area contributed by atoms with Gasteiger partial charge in [-0.2, -0.15) is 0 Å². The van der Waals surface area contributed by atoms with Gasteiger partial charge in [-0.15, -0.1) is 0 Å². The molecule has 0 fully saturated rings. The van der Waals surface area contributed by atoms with Crippen molar-refractivity contribution < 1.29 is 4.79 Å². The number of carbonyl (C=O) groups excluding carboxylic acids is 1. The van der Waals surface area contributed by atoms with Gasteiger partial charge in [0, 0.05) is 19.3 Å². The number of aromatic nitrogens is 1. The second-order valence-electron chi connectivity index (χ2n) is 5.15. The molecule has 0 saturated heterocycles. The van der Waals surface area contributed by atoms with Gasteiger partial charge in [-0.1, -0.05) is 36.8 Å². The number of nitrogens with two attached hydrogens (primary N) is 1. The van der Waals surface area contributed by atoms with E-state index in [1.165, 1.54) is 5.56 Å². The third-order valence-corrected chi connectivity index (χ3v) is 3.32. The second kappa shape index (κ2) is 6.88. The summed E-state index contributed by atoms with van der Waals surface area (Å²) in [6.45, 7) is 5.36. The number of pyridine rings is 1. The Balaban J connectivity index is 2.20. The standard InChI is InChI=1S/C17H21N3O/c1-3-11-20(12-14-8-6-13(2)7-9-14)17(21)16-15(18)5-4-10-19-16/h4-10H,3,11-12,18H2,1-2H3. The van der Waals surface area contributed by atoms with Crippen LogP contribution in [0.4, 0.5) is 5.69 Å². The molecule has 4 nitrogen and oxygen atoms in total. The maximum Gasteiger partial charge on any atom is 0.274 e. The van der Waals surface area contributed by atoms with E-state index < -0.39 is 0 Å². The Hall–Kier alpha value is -2.36. The largest absolute Gasteiger partial charge is 0.397 e.